The molecule has 1 heterocycles. The van der Waals surface area contributed by atoms with E-state index in [1.54, 1.807) is 12.1 Å². The number of aliphatic hydroxyl groups excluding tert-OH is 1. The Balaban J connectivity index is 1.50. The van der Waals surface area contributed by atoms with Crippen LogP contribution < -0.4 is 9.47 Å². The van der Waals surface area contributed by atoms with Crippen LogP contribution in [0.5, 0.6) is 11.5 Å². The third-order valence-corrected chi connectivity index (χ3v) is 6.77. The molecule has 0 radical (unpaired) electrons. The van der Waals surface area contributed by atoms with Crippen LogP contribution in [0.1, 0.15) is 44.7 Å². The number of nitrogens with zero attached hydrogens (tertiary/aromatic N) is 1. The Morgan fingerprint density at radius 3 is 2.62 bits per heavy atom. The highest BCUT2D eigenvalue weighted by molar-refractivity contribution is 5.44. The van der Waals surface area contributed by atoms with Crippen molar-refractivity contribution in [3.8, 4) is 11.5 Å². The van der Waals surface area contributed by atoms with Crippen LogP contribution in [0.15, 0.2) is 42.5 Å². The number of nitro groups is 1. The normalized spacial score (nSPS) is 27.3. The van der Waals surface area contributed by atoms with Crippen LogP contribution in [0, 0.1) is 21.4 Å². The lowest BCUT2D eigenvalue weighted by Crippen LogP contribution is -2.58. The van der Waals surface area contributed by atoms with E-state index < -0.39 is 4.92 Å². The highest BCUT2D eigenvalue weighted by Crippen LogP contribution is 2.53. The highest BCUT2D eigenvalue weighted by Gasteiger charge is 2.54. The van der Waals surface area contributed by atoms with Gasteiger partial charge in [-0.05, 0) is 60.9 Å². The average Bonchev–Trinajstić information content (AvgIpc) is 2.69. The van der Waals surface area contributed by atoms with Crippen molar-refractivity contribution in [1.82, 2.24) is 0 Å². The Morgan fingerprint density at radius 1 is 1.21 bits per heavy atom. The number of benzene rings is 2. The number of fused-ring (bicyclic) bond motifs is 2. The molecule has 2 aromatic carbocycles. The van der Waals surface area contributed by atoms with Crippen LogP contribution in [0.4, 0.5) is 5.69 Å². The molecule has 0 aromatic heterocycles. The fourth-order valence-electron chi connectivity index (χ4n) is 4.83. The molecule has 1 N–H and O–H groups in total. The van der Waals surface area contributed by atoms with E-state index in [1.165, 1.54) is 12.1 Å². The lowest BCUT2D eigenvalue weighted by Gasteiger charge is -2.55. The molecule has 2 aliphatic rings. The first-order valence-corrected chi connectivity index (χ1v) is 10.1. The molecule has 154 valence electrons. The summed E-state index contributed by atoms with van der Waals surface area (Å²) in [6, 6.07) is 12.3. The molecule has 1 aliphatic heterocycles. The summed E-state index contributed by atoms with van der Waals surface area (Å²) >= 11 is 0. The lowest BCUT2D eigenvalue weighted by molar-refractivity contribution is -0.384. The van der Waals surface area contributed by atoms with E-state index in [2.05, 4.69) is 20.8 Å². The van der Waals surface area contributed by atoms with Gasteiger partial charge in [-0.2, -0.15) is 0 Å². The minimum atomic E-state index is -0.412. The number of aliphatic hydroxyl groups is 1. The molecule has 29 heavy (non-hydrogen) atoms. The molecule has 6 nitrogen and oxygen atoms in total. The quantitative estimate of drug-likeness (QED) is 0.599. The Bertz CT molecular complexity index is 923. The first-order chi connectivity index (χ1) is 13.7. The third-order valence-electron chi connectivity index (χ3n) is 6.77. The van der Waals surface area contributed by atoms with Crippen molar-refractivity contribution < 1.29 is 19.5 Å². The summed E-state index contributed by atoms with van der Waals surface area (Å²) in [6.45, 7) is 6.75. The van der Waals surface area contributed by atoms with Gasteiger partial charge in [0.25, 0.3) is 5.69 Å². The van der Waals surface area contributed by atoms with Gasteiger partial charge in [0, 0.05) is 24.1 Å². The van der Waals surface area contributed by atoms with Crippen LogP contribution in [0.3, 0.4) is 0 Å². The van der Waals surface area contributed by atoms with E-state index in [1.807, 2.05) is 18.2 Å². The van der Waals surface area contributed by atoms with Gasteiger partial charge in [-0.15, -0.1) is 0 Å². The highest BCUT2D eigenvalue weighted by atomic mass is 16.6. The van der Waals surface area contributed by atoms with Crippen LogP contribution in [-0.2, 0) is 13.0 Å². The maximum atomic E-state index is 10.8. The van der Waals surface area contributed by atoms with Crippen molar-refractivity contribution in [2.75, 3.05) is 0 Å². The Morgan fingerprint density at radius 2 is 1.93 bits per heavy atom. The van der Waals surface area contributed by atoms with Gasteiger partial charge in [-0.3, -0.25) is 10.1 Å². The molecule has 6 heteroatoms. The van der Waals surface area contributed by atoms with Gasteiger partial charge in [-0.1, -0.05) is 19.9 Å². The minimum absolute atomic E-state index is 0.0688. The monoisotopic (exact) mass is 397 g/mol. The average molecular weight is 397 g/mol. The summed E-state index contributed by atoms with van der Waals surface area (Å²) in [5.74, 6) is 1.80. The van der Waals surface area contributed by atoms with Gasteiger partial charge in [-0.25, -0.2) is 0 Å². The maximum absolute atomic E-state index is 10.8. The van der Waals surface area contributed by atoms with E-state index in [-0.39, 0.29) is 28.7 Å². The molecular weight excluding hydrogens is 370 g/mol. The minimum Gasteiger partial charge on any atom is -0.489 e. The molecule has 1 aliphatic carbocycles. The number of hydrogen-bond donors (Lipinski definition) is 1. The van der Waals surface area contributed by atoms with Crippen molar-refractivity contribution >= 4 is 5.69 Å². The second kappa shape index (κ2) is 7.02. The summed E-state index contributed by atoms with van der Waals surface area (Å²) in [7, 11) is 0. The van der Waals surface area contributed by atoms with E-state index in [0.717, 1.165) is 36.1 Å². The van der Waals surface area contributed by atoms with Gasteiger partial charge in [0.2, 0.25) is 0 Å². The molecule has 1 saturated carbocycles. The zero-order valence-corrected chi connectivity index (χ0v) is 17.1. The summed E-state index contributed by atoms with van der Waals surface area (Å²) in [5, 5.41) is 21.3. The summed E-state index contributed by atoms with van der Waals surface area (Å²) < 4.78 is 12.4. The molecule has 0 amide bonds. The molecule has 0 bridgehead atoms. The molecule has 0 unspecified atom stereocenters. The van der Waals surface area contributed by atoms with Crippen molar-refractivity contribution in [2.24, 2.45) is 11.3 Å². The van der Waals surface area contributed by atoms with E-state index in [4.69, 9.17) is 9.47 Å². The number of rotatable bonds is 4. The smallest absolute Gasteiger partial charge is 0.269 e. The Hall–Kier alpha value is -2.60. The number of hydrogen-bond acceptors (Lipinski definition) is 5. The zero-order chi connectivity index (χ0) is 20.8. The molecule has 0 spiro atoms. The number of nitro benzene ring substituents is 1. The SMILES string of the molecule is CC1(C)[C@H](O)CC[C@@]2(C)Oc3cc(OCc4ccc([N+](=O)[O-])cc4)ccc3C[C@H]12. The molecule has 0 saturated heterocycles. The first kappa shape index (κ1) is 19.7. The van der Waals surface area contributed by atoms with Crippen LogP contribution in [-0.4, -0.2) is 21.7 Å². The van der Waals surface area contributed by atoms with Crippen molar-refractivity contribution in [3.05, 3.63) is 63.7 Å². The number of non-ortho nitro benzene ring substituents is 1. The summed E-state index contributed by atoms with van der Waals surface area (Å²) in [5.41, 5.74) is 1.57. The second-order valence-electron chi connectivity index (χ2n) is 9.03. The standard InChI is InChI=1S/C23H27NO5/c1-22(2)20-12-16-6-9-18(13-19(16)29-23(20,3)11-10-21(22)25)28-14-15-4-7-17(8-5-15)24(26)27/h4-9,13,20-21,25H,10-12,14H2,1-3H3/t20-,21-,23-/m1/s1. The van der Waals surface area contributed by atoms with Crippen molar-refractivity contribution in [2.45, 2.75) is 58.3 Å². The number of ether oxygens (including phenoxy) is 2. The van der Waals surface area contributed by atoms with Crippen LogP contribution >= 0.6 is 0 Å². The van der Waals surface area contributed by atoms with Crippen LogP contribution in [0.2, 0.25) is 0 Å². The molecular formula is C23H27NO5. The largest absolute Gasteiger partial charge is 0.489 e. The third kappa shape index (κ3) is 3.57. The first-order valence-electron chi connectivity index (χ1n) is 10.1. The Labute approximate surface area is 170 Å². The lowest BCUT2D eigenvalue weighted by atomic mass is 9.58. The second-order valence-corrected chi connectivity index (χ2v) is 9.03. The van der Waals surface area contributed by atoms with Gasteiger partial charge < -0.3 is 14.6 Å². The zero-order valence-electron chi connectivity index (χ0n) is 17.1. The van der Waals surface area contributed by atoms with Crippen molar-refractivity contribution in [1.29, 1.82) is 0 Å². The fourth-order valence-corrected chi connectivity index (χ4v) is 4.83. The van der Waals surface area contributed by atoms with Gasteiger partial charge in [0.05, 0.1) is 11.0 Å². The Kier molecular flexibility index (Phi) is 4.77. The van der Waals surface area contributed by atoms with Crippen LogP contribution in [0.25, 0.3) is 0 Å². The van der Waals surface area contributed by atoms with Crippen molar-refractivity contribution in [3.63, 3.8) is 0 Å². The molecule has 3 atom stereocenters. The maximum Gasteiger partial charge on any atom is 0.269 e. The molecule has 4 rings (SSSR count). The van der Waals surface area contributed by atoms with E-state index in [0.29, 0.717) is 12.4 Å². The predicted octanol–water partition coefficient (Wildman–Crippen LogP) is 4.66. The summed E-state index contributed by atoms with van der Waals surface area (Å²) in [4.78, 5) is 10.3. The van der Waals surface area contributed by atoms with E-state index >= 15 is 0 Å². The predicted molar refractivity (Wildman–Crippen MR) is 109 cm³/mol. The van der Waals surface area contributed by atoms with Gasteiger partial charge >= 0.3 is 0 Å². The molecule has 1 fully saturated rings. The fraction of sp³-hybridized carbons (Fsp3) is 0.478. The summed E-state index contributed by atoms with van der Waals surface area (Å²) in [6.07, 6.45) is 2.13. The van der Waals surface area contributed by atoms with Gasteiger partial charge in [0.15, 0.2) is 0 Å². The molecule has 2 aromatic rings. The van der Waals surface area contributed by atoms with Gasteiger partial charge in [0.1, 0.15) is 23.7 Å². The topological polar surface area (TPSA) is 81.8 Å². The van der Waals surface area contributed by atoms with E-state index in [9.17, 15) is 15.2 Å².